The number of carbonyl (C=O) groups excluding carboxylic acids is 1. The number of ether oxygens (including phenoxy) is 3. The highest BCUT2D eigenvalue weighted by Crippen LogP contribution is 2.20. The van der Waals surface area contributed by atoms with Crippen LogP contribution in [-0.2, 0) is 19.0 Å². The monoisotopic (exact) mass is 214 g/mol. The molecule has 0 N–H and O–H groups in total. The minimum Gasteiger partial charge on any atom is -0.466 e. The summed E-state index contributed by atoms with van der Waals surface area (Å²) in [6, 6.07) is 0. The highest BCUT2D eigenvalue weighted by molar-refractivity contribution is 5.81. The minimum absolute atomic E-state index is 0.438. The second-order valence-electron chi connectivity index (χ2n) is 2.90. The molecule has 86 valence electrons. The number of allylic oxidation sites excluding steroid dienone is 1. The number of methoxy groups -OCH3 is 3. The van der Waals surface area contributed by atoms with Crippen LogP contribution in [0.2, 0.25) is 0 Å². The third-order valence-corrected chi connectivity index (χ3v) is 2.06. The minimum atomic E-state index is -0.887. The molecule has 0 bridgehead atoms. The van der Waals surface area contributed by atoms with Gasteiger partial charge in [-0.1, -0.05) is 6.08 Å². The Morgan fingerprint density at radius 1 is 1.33 bits per heavy atom. The molecule has 0 unspecified atom stereocenters. The van der Waals surface area contributed by atoms with E-state index in [1.54, 1.807) is 12.2 Å². The molecule has 0 saturated heterocycles. The first-order valence-corrected chi connectivity index (χ1v) is 4.62. The summed E-state index contributed by atoms with van der Waals surface area (Å²) >= 11 is 0. The zero-order valence-corrected chi connectivity index (χ0v) is 9.49. The van der Waals surface area contributed by atoms with Crippen molar-refractivity contribution in [1.29, 1.82) is 0 Å². The van der Waals surface area contributed by atoms with Gasteiger partial charge in [0.05, 0.1) is 7.11 Å². The standard InChI is InChI=1S/C11H18O4/c1-5-6-8-11(14-3,15-4)9-7-10(12)13-2/h5,7,9H,1,6,8H2,2-4H3/b9-7+. The first-order valence-electron chi connectivity index (χ1n) is 4.62. The normalized spacial score (nSPS) is 11.7. The lowest BCUT2D eigenvalue weighted by atomic mass is 10.1. The molecule has 0 aliphatic rings. The van der Waals surface area contributed by atoms with Crippen molar-refractivity contribution in [2.75, 3.05) is 21.3 Å². The maximum Gasteiger partial charge on any atom is 0.330 e. The Labute approximate surface area is 90.5 Å². The van der Waals surface area contributed by atoms with Crippen molar-refractivity contribution in [2.45, 2.75) is 18.6 Å². The van der Waals surface area contributed by atoms with E-state index in [9.17, 15) is 4.79 Å². The van der Waals surface area contributed by atoms with Gasteiger partial charge in [-0.05, 0) is 12.5 Å². The molecular weight excluding hydrogens is 196 g/mol. The highest BCUT2D eigenvalue weighted by Gasteiger charge is 2.25. The van der Waals surface area contributed by atoms with Crippen LogP contribution in [0.1, 0.15) is 12.8 Å². The summed E-state index contributed by atoms with van der Waals surface area (Å²) in [5.74, 6) is -1.32. The lowest BCUT2D eigenvalue weighted by molar-refractivity contribution is -0.174. The predicted octanol–water partition coefficient (Wildman–Crippen LogP) is 1.67. The smallest absolute Gasteiger partial charge is 0.330 e. The molecule has 4 heteroatoms. The summed E-state index contributed by atoms with van der Waals surface area (Å²) in [5.41, 5.74) is 0. The number of carbonyl (C=O) groups is 1. The maximum atomic E-state index is 10.9. The van der Waals surface area contributed by atoms with Gasteiger partial charge in [0.15, 0.2) is 5.79 Å². The number of rotatable bonds is 7. The van der Waals surface area contributed by atoms with Gasteiger partial charge in [-0.25, -0.2) is 4.79 Å². The van der Waals surface area contributed by atoms with Crippen molar-refractivity contribution >= 4 is 5.97 Å². The van der Waals surface area contributed by atoms with E-state index in [2.05, 4.69) is 11.3 Å². The quantitative estimate of drug-likeness (QED) is 0.280. The Bertz CT molecular complexity index is 229. The lowest BCUT2D eigenvalue weighted by Gasteiger charge is -2.26. The Kier molecular flexibility index (Phi) is 6.66. The van der Waals surface area contributed by atoms with Gasteiger partial charge in [-0.3, -0.25) is 0 Å². The molecule has 0 heterocycles. The molecule has 0 aromatic carbocycles. The predicted molar refractivity (Wildman–Crippen MR) is 57.3 cm³/mol. The summed E-state index contributed by atoms with van der Waals surface area (Å²) in [4.78, 5) is 10.9. The molecule has 0 saturated carbocycles. The summed E-state index contributed by atoms with van der Waals surface area (Å²) in [6.45, 7) is 3.62. The number of hydrogen-bond acceptors (Lipinski definition) is 4. The van der Waals surface area contributed by atoms with Crippen LogP contribution in [0.15, 0.2) is 24.8 Å². The van der Waals surface area contributed by atoms with E-state index in [1.807, 2.05) is 0 Å². The van der Waals surface area contributed by atoms with Crippen molar-refractivity contribution in [2.24, 2.45) is 0 Å². The van der Waals surface area contributed by atoms with Crippen LogP contribution in [0.5, 0.6) is 0 Å². The molecule has 0 atom stereocenters. The van der Waals surface area contributed by atoms with E-state index in [0.29, 0.717) is 6.42 Å². The van der Waals surface area contributed by atoms with E-state index < -0.39 is 11.8 Å². The fraction of sp³-hybridized carbons (Fsp3) is 0.545. The lowest BCUT2D eigenvalue weighted by Crippen LogP contribution is -2.31. The SMILES string of the molecule is C=CCCC(/C=C/C(=O)OC)(OC)OC. The first-order chi connectivity index (χ1) is 7.14. The van der Waals surface area contributed by atoms with Crippen LogP contribution in [0.4, 0.5) is 0 Å². The third-order valence-electron chi connectivity index (χ3n) is 2.06. The average Bonchev–Trinajstić information content (AvgIpc) is 2.30. The van der Waals surface area contributed by atoms with Gasteiger partial charge < -0.3 is 14.2 Å². The topological polar surface area (TPSA) is 44.8 Å². The van der Waals surface area contributed by atoms with Crippen LogP contribution in [-0.4, -0.2) is 33.1 Å². The highest BCUT2D eigenvalue weighted by atomic mass is 16.7. The fourth-order valence-electron chi connectivity index (χ4n) is 1.07. The molecule has 0 fully saturated rings. The number of hydrogen-bond donors (Lipinski definition) is 0. The zero-order valence-electron chi connectivity index (χ0n) is 9.49. The zero-order chi connectivity index (χ0) is 11.7. The number of esters is 1. The molecule has 0 aromatic rings. The summed E-state index contributed by atoms with van der Waals surface area (Å²) in [6.07, 6.45) is 5.92. The molecule has 0 radical (unpaired) electrons. The van der Waals surface area contributed by atoms with Crippen LogP contribution in [0.3, 0.4) is 0 Å². The molecule has 0 aromatic heterocycles. The summed E-state index contributed by atoms with van der Waals surface area (Å²) < 4.78 is 14.9. The summed E-state index contributed by atoms with van der Waals surface area (Å²) in [7, 11) is 4.36. The second kappa shape index (κ2) is 7.20. The van der Waals surface area contributed by atoms with E-state index >= 15 is 0 Å². The van der Waals surface area contributed by atoms with Gasteiger partial charge >= 0.3 is 5.97 Å². The Hall–Kier alpha value is -1.13. The molecule has 0 spiro atoms. The second-order valence-corrected chi connectivity index (χ2v) is 2.90. The molecule has 0 aliphatic heterocycles. The summed E-state index contributed by atoms with van der Waals surface area (Å²) in [5, 5.41) is 0. The Morgan fingerprint density at radius 2 is 1.93 bits per heavy atom. The van der Waals surface area contributed by atoms with Crippen molar-refractivity contribution in [1.82, 2.24) is 0 Å². The van der Waals surface area contributed by atoms with Gasteiger partial charge in [-0.2, -0.15) is 0 Å². The largest absolute Gasteiger partial charge is 0.466 e. The van der Waals surface area contributed by atoms with E-state index in [0.717, 1.165) is 6.42 Å². The van der Waals surface area contributed by atoms with E-state index in [4.69, 9.17) is 9.47 Å². The molecule has 0 amide bonds. The van der Waals surface area contributed by atoms with Crippen molar-refractivity contribution < 1.29 is 19.0 Å². The Morgan fingerprint density at radius 3 is 2.33 bits per heavy atom. The van der Waals surface area contributed by atoms with Crippen LogP contribution >= 0.6 is 0 Å². The van der Waals surface area contributed by atoms with Crippen molar-refractivity contribution in [3.8, 4) is 0 Å². The van der Waals surface area contributed by atoms with Crippen LogP contribution < -0.4 is 0 Å². The van der Waals surface area contributed by atoms with Gasteiger partial charge in [0.2, 0.25) is 0 Å². The fourth-order valence-corrected chi connectivity index (χ4v) is 1.07. The van der Waals surface area contributed by atoms with Gasteiger partial charge in [-0.15, -0.1) is 6.58 Å². The van der Waals surface area contributed by atoms with Gasteiger partial charge in [0.25, 0.3) is 0 Å². The Balaban J connectivity index is 4.54. The molecule has 0 rings (SSSR count). The third kappa shape index (κ3) is 4.76. The van der Waals surface area contributed by atoms with Crippen LogP contribution in [0.25, 0.3) is 0 Å². The van der Waals surface area contributed by atoms with Crippen molar-refractivity contribution in [3.63, 3.8) is 0 Å². The van der Waals surface area contributed by atoms with Gasteiger partial charge in [0, 0.05) is 26.7 Å². The first kappa shape index (κ1) is 13.9. The average molecular weight is 214 g/mol. The van der Waals surface area contributed by atoms with E-state index in [-0.39, 0.29) is 0 Å². The molecule has 0 aliphatic carbocycles. The molecule has 4 nitrogen and oxygen atoms in total. The molecular formula is C11H18O4. The van der Waals surface area contributed by atoms with Crippen molar-refractivity contribution in [3.05, 3.63) is 24.8 Å². The van der Waals surface area contributed by atoms with E-state index in [1.165, 1.54) is 27.4 Å². The van der Waals surface area contributed by atoms with Crippen LogP contribution in [0, 0.1) is 0 Å². The molecule has 15 heavy (non-hydrogen) atoms. The van der Waals surface area contributed by atoms with Gasteiger partial charge in [0.1, 0.15) is 0 Å². The maximum absolute atomic E-state index is 10.9.